The first-order chi connectivity index (χ1) is 13.7. The van der Waals surface area contributed by atoms with Crippen molar-refractivity contribution in [2.24, 2.45) is 0 Å². The normalized spacial score (nSPS) is 10.8. The summed E-state index contributed by atoms with van der Waals surface area (Å²) in [5, 5.41) is 0.920. The fourth-order valence-corrected chi connectivity index (χ4v) is 3.10. The first-order valence-corrected chi connectivity index (χ1v) is 8.53. The molecule has 4 aromatic rings. The molecule has 28 heavy (non-hydrogen) atoms. The third kappa shape index (κ3) is 2.87. The van der Waals surface area contributed by atoms with Gasteiger partial charge in [-0.3, -0.25) is 4.79 Å². The number of carbonyl (C=O) groups is 1. The molecule has 4 rings (SSSR count). The van der Waals surface area contributed by atoms with E-state index in [0.29, 0.717) is 28.6 Å². The molecule has 0 amide bonds. The molecule has 0 saturated heterocycles. The first kappa shape index (κ1) is 17.7. The van der Waals surface area contributed by atoms with E-state index in [4.69, 9.17) is 18.6 Å². The molecular weight excluding hydrogens is 360 g/mol. The Morgan fingerprint density at radius 2 is 1.75 bits per heavy atom. The van der Waals surface area contributed by atoms with Gasteiger partial charge in [-0.1, -0.05) is 18.2 Å². The van der Waals surface area contributed by atoms with Crippen LogP contribution in [0.4, 0.5) is 0 Å². The number of ether oxygens (including phenoxy) is 3. The Labute approximate surface area is 160 Å². The van der Waals surface area contributed by atoms with Crippen molar-refractivity contribution in [3.8, 4) is 28.6 Å². The van der Waals surface area contributed by atoms with E-state index < -0.39 is 0 Å². The minimum Gasteiger partial charge on any atom is -0.493 e. The molecule has 0 saturated carbocycles. The number of fused-ring (bicyclic) bond motifs is 1. The number of imidazole rings is 1. The third-order valence-corrected chi connectivity index (χ3v) is 4.47. The average molecular weight is 378 g/mol. The van der Waals surface area contributed by atoms with Gasteiger partial charge in [-0.15, -0.1) is 0 Å². The first-order valence-electron chi connectivity index (χ1n) is 8.53. The monoisotopic (exact) mass is 378 g/mol. The molecule has 0 bridgehead atoms. The zero-order valence-corrected chi connectivity index (χ0v) is 15.6. The standard InChI is InChI=1S/C21H18N2O5/c1-25-17-8-12(9-18(26-2)20(17)27-3)19(24)15-10-22-21(23-15)14-11-28-16-7-5-4-6-13(14)16/h4-11H,1-3H3,(H,22,23). The van der Waals surface area contributed by atoms with Crippen molar-refractivity contribution < 1.29 is 23.4 Å². The predicted molar refractivity (Wildman–Crippen MR) is 103 cm³/mol. The molecule has 0 unspecified atom stereocenters. The largest absolute Gasteiger partial charge is 0.493 e. The minimum absolute atomic E-state index is 0.269. The van der Waals surface area contributed by atoms with Gasteiger partial charge in [0.25, 0.3) is 0 Å². The van der Waals surface area contributed by atoms with Crippen molar-refractivity contribution in [3.63, 3.8) is 0 Å². The van der Waals surface area contributed by atoms with Gasteiger partial charge in [0.1, 0.15) is 23.4 Å². The Balaban J connectivity index is 1.72. The Morgan fingerprint density at radius 1 is 1.04 bits per heavy atom. The summed E-state index contributed by atoms with van der Waals surface area (Å²) in [7, 11) is 4.52. The van der Waals surface area contributed by atoms with Crippen molar-refractivity contribution in [2.45, 2.75) is 0 Å². The van der Waals surface area contributed by atoms with E-state index in [9.17, 15) is 4.79 Å². The molecule has 7 heteroatoms. The lowest BCUT2D eigenvalue weighted by Crippen LogP contribution is -2.04. The van der Waals surface area contributed by atoms with Crippen LogP contribution in [0.3, 0.4) is 0 Å². The highest BCUT2D eigenvalue weighted by atomic mass is 16.5. The second-order valence-corrected chi connectivity index (χ2v) is 6.02. The van der Waals surface area contributed by atoms with Crippen molar-refractivity contribution in [1.29, 1.82) is 0 Å². The van der Waals surface area contributed by atoms with Crippen LogP contribution in [0.25, 0.3) is 22.4 Å². The van der Waals surface area contributed by atoms with Crippen LogP contribution < -0.4 is 14.2 Å². The van der Waals surface area contributed by atoms with Gasteiger partial charge in [-0.25, -0.2) is 4.98 Å². The highest BCUT2D eigenvalue weighted by Gasteiger charge is 2.20. The van der Waals surface area contributed by atoms with Gasteiger partial charge in [0.05, 0.1) is 26.9 Å². The molecule has 1 N–H and O–H groups in total. The topological polar surface area (TPSA) is 86.6 Å². The highest BCUT2D eigenvalue weighted by Crippen LogP contribution is 2.38. The molecular formula is C21H18N2O5. The van der Waals surface area contributed by atoms with E-state index in [1.165, 1.54) is 21.3 Å². The number of ketones is 1. The summed E-state index contributed by atoms with van der Waals surface area (Å²) >= 11 is 0. The summed E-state index contributed by atoms with van der Waals surface area (Å²) in [6.07, 6.45) is 3.19. The van der Waals surface area contributed by atoms with Gasteiger partial charge in [-0.05, 0) is 18.2 Å². The van der Waals surface area contributed by atoms with Crippen LogP contribution in [0, 0.1) is 0 Å². The fourth-order valence-electron chi connectivity index (χ4n) is 3.10. The summed E-state index contributed by atoms with van der Waals surface area (Å²) in [6.45, 7) is 0. The van der Waals surface area contributed by atoms with Crippen LogP contribution in [-0.4, -0.2) is 37.1 Å². The quantitative estimate of drug-likeness (QED) is 0.509. The van der Waals surface area contributed by atoms with E-state index >= 15 is 0 Å². The minimum atomic E-state index is -0.269. The van der Waals surface area contributed by atoms with Gasteiger partial charge in [0.15, 0.2) is 11.5 Å². The molecule has 0 radical (unpaired) electrons. The van der Waals surface area contributed by atoms with E-state index in [-0.39, 0.29) is 11.5 Å². The number of para-hydroxylation sites is 1. The zero-order valence-electron chi connectivity index (χ0n) is 15.6. The van der Waals surface area contributed by atoms with Crippen LogP contribution in [0.1, 0.15) is 16.1 Å². The number of carbonyl (C=O) groups excluding carboxylic acids is 1. The number of hydrogen-bond acceptors (Lipinski definition) is 6. The molecule has 2 aromatic heterocycles. The molecule has 0 spiro atoms. The number of nitrogens with one attached hydrogen (secondary N) is 1. The van der Waals surface area contributed by atoms with Crippen molar-refractivity contribution in [3.05, 3.63) is 60.1 Å². The summed E-state index contributed by atoms with van der Waals surface area (Å²) in [5.74, 6) is 1.52. The van der Waals surface area contributed by atoms with E-state index in [1.807, 2.05) is 24.3 Å². The lowest BCUT2D eigenvalue weighted by atomic mass is 10.1. The number of aromatic amines is 1. The maximum absolute atomic E-state index is 13.0. The molecule has 0 aliphatic heterocycles. The lowest BCUT2D eigenvalue weighted by Gasteiger charge is -2.13. The smallest absolute Gasteiger partial charge is 0.213 e. The summed E-state index contributed by atoms with van der Waals surface area (Å²) in [6, 6.07) is 10.8. The average Bonchev–Trinajstić information content (AvgIpc) is 3.38. The van der Waals surface area contributed by atoms with Crippen LogP contribution in [0.2, 0.25) is 0 Å². The van der Waals surface area contributed by atoms with Crippen molar-refractivity contribution >= 4 is 16.8 Å². The van der Waals surface area contributed by atoms with Crippen molar-refractivity contribution in [1.82, 2.24) is 9.97 Å². The molecule has 7 nitrogen and oxygen atoms in total. The van der Waals surface area contributed by atoms with Crippen LogP contribution in [-0.2, 0) is 0 Å². The van der Waals surface area contributed by atoms with Gasteiger partial charge in [-0.2, -0.15) is 0 Å². The Morgan fingerprint density at radius 3 is 2.43 bits per heavy atom. The summed E-state index contributed by atoms with van der Waals surface area (Å²) in [5.41, 5.74) is 2.20. The van der Waals surface area contributed by atoms with E-state index in [2.05, 4.69) is 9.97 Å². The molecule has 0 atom stereocenters. The van der Waals surface area contributed by atoms with Gasteiger partial charge < -0.3 is 23.6 Å². The second-order valence-electron chi connectivity index (χ2n) is 6.02. The molecule has 0 fully saturated rings. The Kier molecular flexibility index (Phi) is 4.49. The lowest BCUT2D eigenvalue weighted by molar-refractivity contribution is 0.103. The SMILES string of the molecule is COc1cc(C(=O)c2c[nH]c(-c3coc4ccccc34)n2)cc(OC)c1OC. The maximum atomic E-state index is 13.0. The third-order valence-electron chi connectivity index (χ3n) is 4.47. The molecule has 2 heterocycles. The van der Waals surface area contributed by atoms with Gasteiger partial charge in [0.2, 0.25) is 11.5 Å². The molecule has 2 aromatic carbocycles. The Bertz CT molecular complexity index is 1130. The molecule has 142 valence electrons. The van der Waals surface area contributed by atoms with Gasteiger partial charge in [0, 0.05) is 17.1 Å². The number of aromatic nitrogens is 2. The second kappa shape index (κ2) is 7.11. The number of hydrogen-bond donors (Lipinski definition) is 1. The fraction of sp³-hybridized carbons (Fsp3) is 0.143. The maximum Gasteiger partial charge on any atom is 0.213 e. The predicted octanol–water partition coefficient (Wildman–Crippen LogP) is 4.08. The highest BCUT2D eigenvalue weighted by molar-refractivity contribution is 6.08. The number of rotatable bonds is 6. The van der Waals surface area contributed by atoms with Crippen molar-refractivity contribution in [2.75, 3.05) is 21.3 Å². The molecule has 0 aliphatic carbocycles. The summed E-state index contributed by atoms with van der Waals surface area (Å²) in [4.78, 5) is 20.5. The number of H-pyrrole nitrogens is 1. The van der Waals surface area contributed by atoms with Crippen LogP contribution in [0.15, 0.2) is 53.3 Å². The Hall–Kier alpha value is -3.74. The number of nitrogens with zero attached hydrogens (tertiary/aromatic N) is 1. The number of methoxy groups -OCH3 is 3. The van der Waals surface area contributed by atoms with E-state index in [0.717, 1.165) is 16.5 Å². The van der Waals surface area contributed by atoms with Crippen LogP contribution >= 0.6 is 0 Å². The van der Waals surface area contributed by atoms with E-state index in [1.54, 1.807) is 24.6 Å². The number of benzene rings is 2. The number of furan rings is 1. The summed E-state index contributed by atoms with van der Waals surface area (Å²) < 4.78 is 21.5. The molecule has 0 aliphatic rings. The zero-order chi connectivity index (χ0) is 19.7. The van der Waals surface area contributed by atoms with Gasteiger partial charge >= 0.3 is 0 Å². The van der Waals surface area contributed by atoms with Crippen LogP contribution in [0.5, 0.6) is 17.2 Å².